The Morgan fingerprint density at radius 2 is 2.00 bits per heavy atom. The molecule has 0 saturated heterocycles. The van der Waals surface area contributed by atoms with Gasteiger partial charge in [-0.1, -0.05) is 43.2 Å². The standard InChI is InChI=1S/C15H18FN3OS/c1-2-3-4-5-14-18-19-15(21-14)17-13(20)10-11-6-8-12(16)9-7-11/h6-9H,2-5,10H2,1H3,(H,17,19,20). The Balaban J connectivity index is 1.83. The third-order valence-electron chi connectivity index (χ3n) is 2.99. The van der Waals surface area contributed by atoms with Gasteiger partial charge in [0.2, 0.25) is 11.0 Å². The van der Waals surface area contributed by atoms with E-state index in [4.69, 9.17) is 0 Å². The van der Waals surface area contributed by atoms with Crippen LogP contribution in [0.15, 0.2) is 24.3 Å². The number of amides is 1. The summed E-state index contributed by atoms with van der Waals surface area (Å²) in [6, 6.07) is 5.90. The molecule has 2 aromatic rings. The molecule has 6 heteroatoms. The van der Waals surface area contributed by atoms with E-state index in [1.54, 1.807) is 12.1 Å². The monoisotopic (exact) mass is 307 g/mol. The number of anilines is 1. The summed E-state index contributed by atoms with van der Waals surface area (Å²) in [5, 5.41) is 12.2. The van der Waals surface area contributed by atoms with Crippen LogP contribution in [-0.4, -0.2) is 16.1 Å². The van der Waals surface area contributed by atoms with Crippen molar-refractivity contribution in [2.75, 3.05) is 5.32 Å². The summed E-state index contributed by atoms with van der Waals surface area (Å²) in [6.07, 6.45) is 4.53. The lowest BCUT2D eigenvalue weighted by atomic mass is 10.1. The molecular weight excluding hydrogens is 289 g/mol. The highest BCUT2D eigenvalue weighted by atomic mass is 32.1. The number of carbonyl (C=O) groups excluding carboxylic acids is 1. The van der Waals surface area contributed by atoms with Gasteiger partial charge < -0.3 is 5.32 Å². The summed E-state index contributed by atoms with van der Waals surface area (Å²) in [7, 11) is 0. The SMILES string of the molecule is CCCCCc1nnc(NC(=O)Cc2ccc(F)cc2)s1. The number of nitrogens with one attached hydrogen (secondary N) is 1. The first-order valence-corrected chi connectivity index (χ1v) is 7.85. The van der Waals surface area contributed by atoms with Gasteiger partial charge in [-0.05, 0) is 24.1 Å². The van der Waals surface area contributed by atoms with Crippen molar-refractivity contribution < 1.29 is 9.18 Å². The predicted octanol–water partition coefficient (Wildman–Crippen LogP) is 3.59. The molecule has 1 N–H and O–H groups in total. The molecule has 1 aromatic carbocycles. The van der Waals surface area contributed by atoms with E-state index < -0.39 is 0 Å². The van der Waals surface area contributed by atoms with Crippen LogP contribution in [0.5, 0.6) is 0 Å². The van der Waals surface area contributed by atoms with Crippen LogP contribution >= 0.6 is 11.3 Å². The van der Waals surface area contributed by atoms with Crippen molar-refractivity contribution in [3.8, 4) is 0 Å². The molecule has 4 nitrogen and oxygen atoms in total. The fraction of sp³-hybridized carbons (Fsp3) is 0.400. The zero-order valence-corrected chi connectivity index (χ0v) is 12.8. The van der Waals surface area contributed by atoms with Gasteiger partial charge in [-0.15, -0.1) is 10.2 Å². The van der Waals surface area contributed by atoms with Crippen LogP contribution in [0.1, 0.15) is 36.8 Å². The van der Waals surface area contributed by atoms with E-state index in [9.17, 15) is 9.18 Å². The van der Waals surface area contributed by atoms with Crippen molar-refractivity contribution in [2.24, 2.45) is 0 Å². The summed E-state index contributed by atoms with van der Waals surface area (Å²) in [4.78, 5) is 11.9. The highest BCUT2D eigenvalue weighted by Crippen LogP contribution is 2.17. The minimum absolute atomic E-state index is 0.169. The molecule has 0 aliphatic heterocycles. The lowest BCUT2D eigenvalue weighted by Gasteiger charge is -2.01. The molecule has 0 radical (unpaired) electrons. The Labute approximate surface area is 127 Å². The Kier molecular flexibility index (Phi) is 5.80. The minimum atomic E-state index is -0.306. The molecular formula is C15H18FN3OS. The lowest BCUT2D eigenvalue weighted by Crippen LogP contribution is -2.14. The molecule has 112 valence electrons. The van der Waals surface area contributed by atoms with Gasteiger partial charge in [0.15, 0.2) is 0 Å². The van der Waals surface area contributed by atoms with E-state index in [0.717, 1.165) is 23.4 Å². The average Bonchev–Trinajstić information content (AvgIpc) is 2.89. The fourth-order valence-electron chi connectivity index (χ4n) is 1.88. The van der Waals surface area contributed by atoms with E-state index >= 15 is 0 Å². The minimum Gasteiger partial charge on any atom is -0.300 e. The summed E-state index contributed by atoms with van der Waals surface area (Å²) in [5.41, 5.74) is 0.765. The number of halogens is 1. The molecule has 0 saturated carbocycles. The maximum absolute atomic E-state index is 12.8. The normalized spacial score (nSPS) is 10.6. The molecule has 0 spiro atoms. The Morgan fingerprint density at radius 1 is 1.24 bits per heavy atom. The third kappa shape index (κ3) is 5.23. The molecule has 1 amide bonds. The van der Waals surface area contributed by atoms with E-state index in [1.807, 2.05) is 0 Å². The van der Waals surface area contributed by atoms with Crippen LogP contribution in [0, 0.1) is 5.82 Å². The van der Waals surface area contributed by atoms with Crippen molar-refractivity contribution >= 4 is 22.4 Å². The molecule has 1 aromatic heterocycles. The maximum atomic E-state index is 12.8. The van der Waals surface area contributed by atoms with Gasteiger partial charge in [0.05, 0.1) is 6.42 Å². The van der Waals surface area contributed by atoms with Gasteiger partial charge >= 0.3 is 0 Å². The maximum Gasteiger partial charge on any atom is 0.230 e. The number of carbonyl (C=O) groups is 1. The van der Waals surface area contributed by atoms with Gasteiger partial charge in [0, 0.05) is 6.42 Å². The van der Waals surface area contributed by atoms with E-state index in [0.29, 0.717) is 5.13 Å². The van der Waals surface area contributed by atoms with Gasteiger partial charge in [0.1, 0.15) is 10.8 Å². The first-order valence-electron chi connectivity index (χ1n) is 7.04. The molecule has 21 heavy (non-hydrogen) atoms. The number of aromatic nitrogens is 2. The molecule has 0 aliphatic carbocycles. The van der Waals surface area contributed by atoms with Gasteiger partial charge in [-0.2, -0.15) is 0 Å². The summed E-state index contributed by atoms with van der Waals surface area (Å²) in [6.45, 7) is 2.15. The first-order chi connectivity index (χ1) is 10.2. The number of nitrogens with zero attached hydrogens (tertiary/aromatic N) is 2. The number of benzene rings is 1. The van der Waals surface area contributed by atoms with Crippen molar-refractivity contribution in [1.29, 1.82) is 0 Å². The Bertz CT molecular complexity index is 583. The molecule has 2 rings (SSSR count). The van der Waals surface area contributed by atoms with Crippen molar-refractivity contribution in [3.63, 3.8) is 0 Å². The highest BCUT2D eigenvalue weighted by Gasteiger charge is 2.09. The zero-order valence-electron chi connectivity index (χ0n) is 11.9. The molecule has 0 aliphatic rings. The van der Waals surface area contributed by atoms with Crippen LogP contribution in [0.25, 0.3) is 0 Å². The fourth-order valence-corrected chi connectivity index (χ4v) is 2.68. The van der Waals surface area contributed by atoms with Crippen LogP contribution in [0.4, 0.5) is 9.52 Å². The topological polar surface area (TPSA) is 54.9 Å². The number of hydrogen-bond acceptors (Lipinski definition) is 4. The summed E-state index contributed by atoms with van der Waals surface area (Å²) < 4.78 is 12.8. The number of aryl methyl sites for hydroxylation is 1. The second-order valence-electron chi connectivity index (χ2n) is 4.81. The second kappa shape index (κ2) is 7.83. The summed E-state index contributed by atoms with van der Waals surface area (Å²) in [5.74, 6) is -0.474. The van der Waals surface area contributed by atoms with Crippen LogP contribution < -0.4 is 5.32 Å². The molecule has 0 atom stereocenters. The van der Waals surface area contributed by atoms with E-state index in [2.05, 4.69) is 22.4 Å². The predicted molar refractivity (Wildman–Crippen MR) is 81.9 cm³/mol. The van der Waals surface area contributed by atoms with Crippen molar-refractivity contribution in [1.82, 2.24) is 10.2 Å². The molecule has 0 fully saturated rings. The van der Waals surface area contributed by atoms with E-state index in [1.165, 1.54) is 36.3 Å². The summed E-state index contributed by atoms with van der Waals surface area (Å²) >= 11 is 1.41. The van der Waals surface area contributed by atoms with Gasteiger partial charge in [-0.25, -0.2) is 4.39 Å². The zero-order chi connectivity index (χ0) is 15.1. The largest absolute Gasteiger partial charge is 0.300 e. The first kappa shape index (κ1) is 15.6. The Hall–Kier alpha value is -1.82. The molecule has 0 unspecified atom stereocenters. The Morgan fingerprint density at radius 3 is 2.71 bits per heavy atom. The molecule has 0 bridgehead atoms. The van der Waals surface area contributed by atoms with Gasteiger partial charge in [-0.3, -0.25) is 4.79 Å². The molecule has 1 heterocycles. The van der Waals surface area contributed by atoms with Gasteiger partial charge in [0.25, 0.3) is 0 Å². The smallest absolute Gasteiger partial charge is 0.230 e. The number of unbranched alkanes of at least 4 members (excludes halogenated alkanes) is 2. The van der Waals surface area contributed by atoms with Crippen LogP contribution in [0.2, 0.25) is 0 Å². The highest BCUT2D eigenvalue weighted by molar-refractivity contribution is 7.15. The lowest BCUT2D eigenvalue weighted by molar-refractivity contribution is -0.115. The quantitative estimate of drug-likeness (QED) is 0.795. The second-order valence-corrected chi connectivity index (χ2v) is 5.87. The number of rotatable bonds is 7. The average molecular weight is 307 g/mol. The van der Waals surface area contributed by atoms with Crippen LogP contribution in [-0.2, 0) is 17.6 Å². The van der Waals surface area contributed by atoms with Crippen molar-refractivity contribution in [3.05, 3.63) is 40.7 Å². The third-order valence-corrected chi connectivity index (χ3v) is 3.88. The van der Waals surface area contributed by atoms with E-state index in [-0.39, 0.29) is 18.1 Å². The van der Waals surface area contributed by atoms with Crippen LogP contribution in [0.3, 0.4) is 0 Å². The number of hydrogen-bond donors (Lipinski definition) is 1. The van der Waals surface area contributed by atoms with Crippen molar-refractivity contribution in [2.45, 2.75) is 39.0 Å².